The SMILES string of the molecule is O=C(O)C1=NOC2(CCN(C(=O)c3cccc(Cl)c3)CC2)C1. The highest BCUT2D eigenvalue weighted by Gasteiger charge is 2.44. The maximum atomic E-state index is 12.4. The molecule has 0 unspecified atom stereocenters. The number of carboxylic acid groups (broad SMARTS) is 1. The number of benzene rings is 1. The van der Waals surface area contributed by atoms with Crippen LogP contribution in [0.25, 0.3) is 0 Å². The third-order valence-corrected chi connectivity index (χ3v) is 4.35. The molecule has 2 aliphatic rings. The van der Waals surface area contributed by atoms with Crippen molar-refractivity contribution in [2.75, 3.05) is 13.1 Å². The van der Waals surface area contributed by atoms with Crippen molar-refractivity contribution in [1.82, 2.24) is 4.90 Å². The Hall–Kier alpha value is -2.08. The number of hydrogen-bond acceptors (Lipinski definition) is 4. The fourth-order valence-corrected chi connectivity index (χ4v) is 3.02. The number of hydrogen-bond donors (Lipinski definition) is 1. The predicted octanol–water partition coefficient (Wildman–Crippen LogP) is 2.18. The van der Waals surface area contributed by atoms with Gasteiger partial charge < -0.3 is 14.8 Å². The average Bonchev–Trinajstić information content (AvgIpc) is 2.92. The zero-order chi connectivity index (χ0) is 15.7. The van der Waals surface area contributed by atoms with Gasteiger partial charge >= 0.3 is 5.97 Å². The van der Waals surface area contributed by atoms with E-state index in [-0.39, 0.29) is 11.6 Å². The van der Waals surface area contributed by atoms with Crippen molar-refractivity contribution in [2.45, 2.75) is 24.9 Å². The van der Waals surface area contributed by atoms with Gasteiger partial charge in [0.15, 0.2) is 5.71 Å². The van der Waals surface area contributed by atoms with Gasteiger partial charge in [-0.3, -0.25) is 4.79 Å². The summed E-state index contributed by atoms with van der Waals surface area (Å²) in [7, 11) is 0. The first-order chi connectivity index (χ1) is 10.5. The smallest absolute Gasteiger partial charge is 0.353 e. The fraction of sp³-hybridized carbons (Fsp3) is 0.400. The predicted molar refractivity (Wildman–Crippen MR) is 80.1 cm³/mol. The lowest BCUT2D eigenvalue weighted by molar-refractivity contribution is -0.129. The Morgan fingerprint density at radius 3 is 2.64 bits per heavy atom. The number of carbonyl (C=O) groups excluding carboxylic acids is 1. The van der Waals surface area contributed by atoms with Crippen LogP contribution in [0.3, 0.4) is 0 Å². The van der Waals surface area contributed by atoms with Crippen molar-refractivity contribution in [3.8, 4) is 0 Å². The highest BCUT2D eigenvalue weighted by Crippen LogP contribution is 2.35. The van der Waals surface area contributed by atoms with Crippen molar-refractivity contribution in [3.05, 3.63) is 34.9 Å². The van der Waals surface area contributed by atoms with Gasteiger partial charge in [0.25, 0.3) is 5.91 Å². The molecule has 0 saturated carbocycles. The number of likely N-dealkylation sites (tertiary alicyclic amines) is 1. The average molecular weight is 323 g/mol. The Balaban J connectivity index is 1.63. The Morgan fingerprint density at radius 2 is 2.05 bits per heavy atom. The van der Waals surface area contributed by atoms with E-state index >= 15 is 0 Å². The molecule has 0 aromatic heterocycles. The summed E-state index contributed by atoms with van der Waals surface area (Å²) >= 11 is 5.91. The minimum atomic E-state index is -1.05. The summed E-state index contributed by atoms with van der Waals surface area (Å²) in [6.45, 7) is 1.02. The summed E-state index contributed by atoms with van der Waals surface area (Å²) in [6.07, 6.45) is 1.43. The zero-order valence-corrected chi connectivity index (χ0v) is 12.5. The minimum Gasteiger partial charge on any atom is -0.477 e. The van der Waals surface area contributed by atoms with Crippen molar-refractivity contribution in [2.24, 2.45) is 5.16 Å². The number of carboxylic acids is 1. The van der Waals surface area contributed by atoms with E-state index in [9.17, 15) is 9.59 Å². The molecule has 3 rings (SSSR count). The summed E-state index contributed by atoms with van der Waals surface area (Å²) in [4.78, 5) is 30.5. The molecular formula is C15H15ClN2O4. The van der Waals surface area contributed by atoms with Crippen molar-refractivity contribution in [3.63, 3.8) is 0 Å². The lowest BCUT2D eigenvalue weighted by Crippen LogP contribution is -2.47. The first-order valence-electron chi connectivity index (χ1n) is 7.02. The molecule has 0 atom stereocenters. The highest BCUT2D eigenvalue weighted by molar-refractivity contribution is 6.36. The summed E-state index contributed by atoms with van der Waals surface area (Å²) < 4.78 is 0. The standard InChI is InChI=1S/C15H15ClN2O4/c16-11-3-1-2-10(8-11)13(19)18-6-4-15(5-7-18)9-12(14(20)21)17-22-15/h1-3,8H,4-7,9H2,(H,20,21). The van der Waals surface area contributed by atoms with E-state index in [1.54, 1.807) is 29.2 Å². The van der Waals surface area contributed by atoms with Gasteiger partial charge in [-0.2, -0.15) is 0 Å². The summed E-state index contributed by atoms with van der Waals surface area (Å²) in [5.41, 5.74) is 0.0339. The molecule has 0 bridgehead atoms. The van der Waals surface area contributed by atoms with Crippen LogP contribution >= 0.6 is 11.6 Å². The van der Waals surface area contributed by atoms with Crippen LogP contribution in [0.4, 0.5) is 0 Å². The molecule has 6 nitrogen and oxygen atoms in total. The normalized spacial score (nSPS) is 19.7. The first kappa shape index (κ1) is 14.8. The number of amides is 1. The monoisotopic (exact) mass is 322 g/mol. The second kappa shape index (κ2) is 5.61. The number of rotatable bonds is 2. The Labute approximate surface area is 132 Å². The van der Waals surface area contributed by atoms with E-state index in [0.29, 0.717) is 42.9 Å². The molecule has 2 aliphatic heterocycles. The molecule has 0 aliphatic carbocycles. The summed E-state index contributed by atoms with van der Waals surface area (Å²) in [5.74, 6) is -1.12. The van der Waals surface area contributed by atoms with Gasteiger partial charge in [-0.15, -0.1) is 0 Å². The van der Waals surface area contributed by atoms with Crippen LogP contribution in [0.2, 0.25) is 5.02 Å². The molecule has 1 saturated heterocycles. The number of aliphatic carboxylic acids is 1. The van der Waals surface area contributed by atoms with Gasteiger partial charge in [0, 0.05) is 42.9 Å². The van der Waals surface area contributed by atoms with E-state index in [0.717, 1.165) is 0 Å². The Morgan fingerprint density at radius 1 is 1.32 bits per heavy atom. The molecule has 1 spiro atoms. The molecule has 116 valence electrons. The van der Waals surface area contributed by atoms with Crippen molar-refractivity contribution < 1.29 is 19.5 Å². The maximum Gasteiger partial charge on any atom is 0.353 e. The summed E-state index contributed by atoms with van der Waals surface area (Å²) in [5, 5.41) is 13.1. The molecular weight excluding hydrogens is 308 g/mol. The third kappa shape index (κ3) is 2.78. The molecule has 7 heteroatoms. The molecule has 0 radical (unpaired) electrons. The first-order valence-corrected chi connectivity index (χ1v) is 7.40. The number of nitrogens with zero attached hydrogens (tertiary/aromatic N) is 2. The lowest BCUT2D eigenvalue weighted by Gasteiger charge is -2.37. The highest BCUT2D eigenvalue weighted by atomic mass is 35.5. The second-order valence-electron chi connectivity index (χ2n) is 5.60. The van der Waals surface area contributed by atoms with Gasteiger partial charge in [0.2, 0.25) is 0 Å². The van der Waals surface area contributed by atoms with Gasteiger partial charge in [-0.25, -0.2) is 4.79 Å². The van der Waals surface area contributed by atoms with E-state index in [1.807, 2.05) is 0 Å². The topological polar surface area (TPSA) is 79.2 Å². The van der Waals surface area contributed by atoms with Gasteiger partial charge in [-0.1, -0.05) is 22.8 Å². The van der Waals surface area contributed by atoms with Crippen LogP contribution in [0.5, 0.6) is 0 Å². The largest absolute Gasteiger partial charge is 0.477 e. The lowest BCUT2D eigenvalue weighted by atomic mass is 9.86. The van der Waals surface area contributed by atoms with Crippen LogP contribution in [0, 0.1) is 0 Å². The zero-order valence-electron chi connectivity index (χ0n) is 11.8. The molecule has 1 aromatic rings. The van der Waals surface area contributed by atoms with E-state index in [1.165, 1.54) is 0 Å². The molecule has 22 heavy (non-hydrogen) atoms. The van der Waals surface area contributed by atoms with Crippen LogP contribution < -0.4 is 0 Å². The van der Waals surface area contributed by atoms with Gasteiger partial charge in [-0.05, 0) is 18.2 Å². The van der Waals surface area contributed by atoms with E-state index in [4.69, 9.17) is 21.5 Å². The third-order valence-electron chi connectivity index (χ3n) is 4.12. The minimum absolute atomic E-state index is 0.0506. The number of oxime groups is 1. The molecule has 1 amide bonds. The van der Waals surface area contributed by atoms with Gasteiger partial charge in [0.05, 0.1) is 0 Å². The molecule has 1 N–H and O–H groups in total. The van der Waals surface area contributed by atoms with Crippen LogP contribution in [0.15, 0.2) is 29.4 Å². The number of halogens is 1. The van der Waals surface area contributed by atoms with Crippen LogP contribution in [-0.4, -0.2) is 46.3 Å². The van der Waals surface area contributed by atoms with Crippen molar-refractivity contribution in [1.29, 1.82) is 0 Å². The maximum absolute atomic E-state index is 12.4. The van der Waals surface area contributed by atoms with Crippen molar-refractivity contribution >= 4 is 29.2 Å². The van der Waals surface area contributed by atoms with Crippen LogP contribution in [-0.2, 0) is 9.63 Å². The molecule has 2 heterocycles. The second-order valence-corrected chi connectivity index (χ2v) is 6.03. The Bertz CT molecular complexity index is 651. The number of carbonyl (C=O) groups is 2. The summed E-state index contributed by atoms with van der Waals surface area (Å²) in [6, 6.07) is 6.84. The van der Waals surface area contributed by atoms with Crippen LogP contribution in [0.1, 0.15) is 29.6 Å². The molecule has 1 fully saturated rings. The molecule has 1 aromatic carbocycles. The quantitative estimate of drug-likeness (QED) is 0.905. The number of piperidine rings is 1. The van der Waals surface area contributed by atoms with E-state index < -0.39 is 11.6 Å². The van der Waals surface area contributed by atoms with E-state index in [2.05, 4.69) is 5.16 Å². The Kier molecular flexibility index (Phi) is 3.78. The fourth-order valence-electron chi connectivity index (χ4n) is 2.83. The van der Waals surface area contributed by atoms with Gasteiger partial charge in [0.1, 0.15) is 5.60 Å².